The monoisotopic (exact) mass is 404 g/mol. The third-order valence-electron chi connectivity index (χ3n) is 4.80. The number of carbonyl (C=O) groups excluding carboxylic acids is 2. The molecule has 30 heavy (non-hydrogen) atoms. The second kappa shape index (κ2) is 8.91. The molecule has 3 rings (SSSR count). The normalized spacial score (nSPS) is 11.1. The summed E-state index contributed by atoms with van der Waals surface area (Å²) in [5.41, 5.74) is 3.23. The Morgan fingerprint density at radius 2 is 1.47 bits per heavy atom. The average Bonchev–Trinajstić information content (AvgIpc) is 2.73. The molecular formula is C25H25FN2O2. The van der Waals surface area contributed by atoms with Crippen LogP contribution in [0.2, 0.25) is 0 Å². The van der Waals surface area contributed by atoms with E-state index >= 15 is 0 Å². The van der Waals surface area contributed by atoms with E-state index in [-0.39, 0.29) is 29.6 Å². The molecule has 0 atom stereocenters. The summed E-state index contributed by atoms with van der Waals surface area (Å²) in [7, 11) is 0. The van der Waals surface area contributed by atoms with Crippen molar-refractivity contribution in [1.29, 1.82) is 0 Å². The number of rotatable bonds is 5. The molecule has 0 aliphatic rings. The number of benzene rings is 3. The van der Waals surface area contributed by atoms with Gasteiger partial charge in [0.05, 0.1) is 11.3 Å². The van der Waals surface area contributed by atoms with Gasteiger partial charge in [-0.05, 0) is 52.9 Å². The van der Waals surface area contributed by atoms with Crippen molar-refractivity contribution >= 4 is 17.5 Å². The van der Waals surface area contributed by atoms with Gasteiger partial charge in [-0.15, -0.1) is 0 Å². The highest BCUT2D eigenvalue weighted by Gasteiger charge is 2.16. The topological polar surface area (TPSA) is 58.2 Å². The highest BCUT2D eigenvalue weighted by atomic mass is 19.1. The minimum absolute atomic E-state index is 0.00418. The number of halogens is 1. The van der Waals surface area contributed by atoms with Gasteiger partial charge in [-0.3, -0.25) is 9.59 Å². The minimum atomic E-state index is -0.325. The zero-order valence-corrected chi connectivity index (χ0v) is 17.3. The van der Waals surface area contributed by atoms with Gasteiger partial charge in [-0.1, -0.05) is 57.2 Å². The summed E-state index contributed by atoms with van der Waals surface area (Å²) in [5, 5.41) is 5.62. The maximum absolute atomic E-state index is 13.0. The van der Waals surface area contributed by atoms with E-state index in [1.807, 2.05) is 12.1 Å². The van der Waals surface area contributed by atoms with Crippen LogP contribution in [-0.2, 0) is 12.0 Å². The van der Waals surface area contributed by atoms with Crippen molar-refractivity contribution in [2.45, 2.75) is 32.7 Å². The summed E-state index contributed by atoms with van der Waals surface area (Å²) >= 11 is 0. The Morgan fingerprint density at radius 1 is 0.833 bits per heavy atom. The number of hydrogen-bond donors (Lipinski definition) is 2. The molecule has 2 N–H and O–H groups in total. The van der Waals surface area contributed by atoms with Crippen molar-refractivity contribution in [3.63, 3.8) is 0 Å². The molecule has 0 spiro atoms. The molecule has 154 valence electrons. The van der Waals surface area contributed by atoms with Crippen molar-refractivity contribution < 1.29 is 14.0 Å². The number of carbonyl (C=O) groups is 2. The van der Waals surface area contributed by atoms with Crippen LogP contribution in [0.25, 0.3) is 0 Å². The lowest BCUT2D eigenvalue weighted by Gasteiger charge is -2.19. The lowest BCUT2D eigenvalue weighted by molar-refractivity contribution is 0.0952. The Hall–Kier alpha value is -3.47. The Bertz CT molecular complexity index is 1040. The van der Waals surface area contributed by atoms with Crippen molar-refractivity contribution in [2.75, 3.05) is 5.32 Å². The number of anilines is 1. The Morgan fingerprint density at radius 3 is 2.10 bits per heavy atom. The van der Waals surface area contributed by atoms with Crippen LogP contribution >= 0.6 is 0 Å². The molecule has 0 aliphatic heterocycles. The van der Waals surface area contributed by atoms with E-state index < -0.39 is 0 Å². The highest BCUT2D eigenvalue weighted by molar-refractivity contribution is 6.09. The lowest BCUT2D eigenvalue weighted by atomic mass is 9.86. The van der Waals surface area contributed by atoms with Gasteiger partial charge >= 0.3 is 0 Å². The van der Waals surface area contributed by atoms with Gasteiger partial charge in [0.25, 0.3) is 11.8 Å². The van der Waals surface area contributed by atoms with E-state index in [1.165, 1.54) is 12.1 Å². The van der Waals surface area contributed by atoms with Crippen molar-refractivity contribution in [2.24, 2.45) is 0 Å². The van der Waals surface area contributed by atoms with Crippen molar-refractivity contribution in [3.05, 3.63) is 101 Å². The average molecular weight is 404 g/mol. The van der Waals surface area contributed by atoms with E-state index in [0.717, 1.165) is 11.1 Å². The predicted octanol–water partition coefficient (Wildman–Crippen LogP) is 5.31. The first kappa shape index (κ1) is 21.2. The maximum Gasteiger partial charge on any atom is 0.255 e. The van der Waals surface area contributed by atoms with E-state index in [0.29, 0.717) is 16.8 Å². The van der Waals surface area contributed by atoms with Crippen LogP contribution in [0.5, 0.6) is 0 Å². The molecule has 3 aromatic rings. The van der Waals surface area contributed by atoms with E-state index in [4.69, 9.17) is 0 Å². The third-order valence-corrected chi connectivity index (χ3v) is 4.80. The summed E-state index contributed by atoms with van der Waals surface area (Å²) < 4.78 is 13.0. The van der Waals surface area contributed by atoms with Crippen LogP contribution in [0.3, 0.4) is 0 Å². The van der Waals surface area contributed by atoms with Gasteiger partial charge in [0, 0.05) is 12.1 Å². The second-order valence-electron chi connectivity index (χ2n) is 8.14. The first-order valence-corrected chi connectivity index (χ1v) is 9.77. The van der Waals surface area contributed by atoms with Crippen LogP contribution in [0.1, 0.15) is 52.6 Å². The van der Waals surface area contributed by atoms with E-state index in [2.05, 4.69) is 31.4 Å². The first-order chi connectivity index (χ1) is 14.2. The summed E-state index contributed by atoms with van der Waals surface area (Å²) in [4.78, 5) is 25.3. The molecule has 0 heterocycles. The van der Waals surface area contributed by atoms with E-state index in [1.54, 1.807) is 48.5 Å². The lowest BCUT2D eigenvalue weighted by Crippen LogP contribution is -2.25. The largest absolute Gasteiger partial charge is 0.348 e. The van der Waals surface area contributed by atoms with Gasteiger partial charge in [-0.2, -0.15) is 0 Å². The molecule has 0 radical (unpaired) electrons. The van der Waals surface area contributed by atoms with Crippen LogP contribution < -0.4 is 10.6 Å². The van der Waals surface area contributed by atoms with Crippen molar-refractivity contribution in [3.8, 4) is 0 Å². The standard InChI is InChI=1S/C25H25FN2O2/c1-25(2,3)19-12-10-18(11-13-19)23(29)28-22-7-5-4-6-21(22)24(30)27-16-17-8-14-20(26)15-9-17/h4-15H,16H2,1-3H3,(H,27,30)(H,28,29). The number of para-hydroxylation sites is 1. The Labute approximate surface area is 176 Å². The maximum atomic E-state index is 13.0. The Balaban J connectivity index is 1.70. The summed E-state index contributed by atoms with van der Waals surface area (Å²) in [6, 6.07) is 20.2. The quantitative estimate of drug-likeness (QED) is 0.606. The minimum Gasteiger partial charge on any atom is -0.348 e. The smallest absolute Gasteiger partial charge is 0.255 e. The fraction of sp³-hybridized carbons (Fsp3) is 0.200. The predicted molar refractivity (Wildman–Crippen MR) is 117 cm³/mol. The second-order valence-corrected chi connectivity index (χ2v) is 8.14. The molecule has 4 nitrogen and oxygen atoms in total. The highest BCUT2D eigenvalue weighted by Crippen LogP contribution is 2.23. The molecule has 0 unspecified atom stereocenters. The molecule has 0 saturated heterocycles. The van der Waals surface area contributed by atoms with E-state index in [9.17, 15) is 14.0 Å². The van der Waals surface area contributed by atoms with Gasteiger partial charge in [0.15, 0.2) is 0 Å². The molecule has 0 bridgehead atoms. The molecule has 0 fully saturated rings. The summed E-state index contributed by atoms with van der Waals surface area (Å²) in [6.07, 6.45) is 0. The molecular weight excluding hydrogens is 379 g/mol. The molecule has 2 amide bonds. The number of hydrogen-bond acceptors (Lipinski definition) is 2. The first-order valence-electron chi connectivity index (χ1n) is 9.77. The van der Waals surface area contributed by atoms with Crippen molar-refractivity contribution in [1.82, 2.24) is 5.32 Å². The van der Waals surface area contributed by atoms with Crippen LogP contribution in [-0.4, -0.2) is 11.8 Å². The van der Waals surface area contributed by atoms with Gasteiger partial charge in [0.1, 0.15) is 5.82 Å². The molecule has 0 saturated carbocycles. The fourth-order valence-electron chi connectivity index (χ4n) is 2.99. The van der Waals surface area contributed by atoms with Crippen LogP contribution in [0.15, 0.2) is 72.8 Å². The zero-order chi connectivity index (χ0) is 21.7. The summed E-state index contributed by atoms with van der Waals surface area (Å²) in [5.74, 6) is -0.929. The third kappa shape index (κ3) is 5.32. The Kier molecular flexibility index (Phi) is 6.31. The zero-order valence-electron chi connectivity index (χ0n) is 17.3. The molecule has 3 aromatic carbocycles. The summed E-state index contributed by atoms with van der Waals surface area (Å²) in [6.45, 7) is 6.60. The molecule has 5 heteroatoms. The molecule has 0 aliphatic carbocycles. The molecule has 0 aromatic heterocycles. The van der Waals surface area contributed by atoms with Gasteiger partial charge in [0.2, 0.25) is 0 Å². The SMILES string of the molecule is CC(C)(C)c1ccc(C(=O)Nc2ccccc2C(=O)NCc2ccc(F)cc2)cc1. The number of amides is 2. The fourth-order valence-corrected chi connectivity index (χ4v) is 2.99. The van der Waals surface area contributed by atoms with Crippen LogP contribution in [0.4, 0.5) is 10.1 Å². The number of nitrogens with one attached hydrogen (secondary N) is 2. The van der Waals surface area contributed by atoms with Gasteiger partial charge in [-0.25, -0.2) is 4.39 Å². The van der Waals surface area contributed by atoms with Gasteiger partial charge < -0.3 is 10.6 Å². The van der Waals surface area contributed by atoms with Crippen LogP contribution in [0, 0.1) is 5.82 Å².